The van der Waals surface area contributed by atoms with Crippen molar-refractivity contribution in [2.45, 2.75) is 25.7 Å². The van der Waals surface area contributed by atoms with Crippen molar-refractivity contribution < 1.29 is 27.6 Å². The molecule has 3 heterocycles. The van der Waals surface area contributed by atoms with Crippen LogP contribution in [0.5, 0.6) is 0 Å². The Morgan fingerprint density at radius 2 is 1.91 bits per heavy atom. The number of anilines is 4. The van der Waals surface area contributed by atoms with Gasteiger partial charge >= 0.3 is 12.1 Å². The number of hydrogen-bond donors (Lipinski definition) is 3. The van der Waals surface area contributed by atoms with Crippen LogP contribution in [0, 0.1) is 0 Å². The van der Waals surface area contributed by atoms with Crippen molar-refractivity contribution in [3.8, 4) is 0 Å². The van der Waals surface area contributed by atoms with Crippen LogP contribution in [0.2, 0.25) is 0 Å². The molecule has 4 rings (SSSR count). The molecule has 2 aromatic heterocycles. The van der Waals surface area contributed by atoms with Gasteiger partial charge in [0, 0.05) is 18.1 Å². The molecule has 0 spiro atoms. The molecule has 12 heteroatoms. The minimum absolute atomic E-state index is 0.0271. The minimum atomic E-state index is -5.27. The molecule has 0 radical (unpaired) electrons. The van der Waals surface area contributed by atoms with Gasteiger partial charge in [-0.25, -0.2) is 9.78 Å². The van der Waals surface area contributed by atoms with Crippen molar-refractivity contribution in [3.63, 3.8) is 0 Å². The monoisotopic (exact) mass is 472 g/mol. The molecule has 176 valence electrons. The first-order valence-corrected chi connectivity index (χ1v) is 10.1. The summed E-state index contributed by atoms with van der Waals surface area (Å²) in [4.78, 5) is 37.1. The van der Waals surface area contributed by atoms with Gasteiger partial charge in [-0.3, -0.25) is 9.78 Å². The first-order chi connectivity index (χ1) is 16.2. The number of alkyl halides is 3. The van der Waals surface area contributed by atoms with E-state index < -0.39 is 24.2 Å². The highest BCUT2D eigenvalue weighted by Crippen LogP contribution is 2.47. The summed E-state index contributed by atoms with van der Waals surface area (Å²) < 4.78 is 39.4. The number of hydroxylamine groups is 1. The largest absolute Gasteiger partial charge is 0.493 e. The summed E-state index contributed by atoms with van der Waals surface area (Å²) in [5.41, 5.74) is 7.06. The van der Waals surface area contributed by atoms with E-state index in [4.69, 9.17) is 10.6 Å². The number of halogens is 3. The molecule has 9 nitrogen and oxygen atoms in total. The van der Waals surface area contributed by atoms with Gasteiger partial charge in [-0.1, -0.05) is 31.2 Å². The van der Waals surface area contributed by atoms with Gasteiger partial charge in [0.1, 0.15) is 5.69 Å². The fourth-order valence-electron chi connectivity index (χ4n) is 3.51. The number of aryl methyl sites for hydroxylation is 1. The molecule has 1 aromatic carbocycles. The lowest BCUT2D eigenvalue weighted by molar-refractivity contribution is -0.201. The number of para-hydroxylation sites is 1. The third kappa shape index (κ3) is 4.29. The highest BCUT2D eigenvalue weighted by Gasteiger charge is 2.47. The van der Waals surface area contributed by atoms with Crippen LogP contribution in [0.3, 0.4) is 0 Å². The first-order valence-electron chi connectivity index (χ1n) is 10.1. The Morgan fingerprint density at radius 1 is 1.18 bits per heavy atom. The third-order valence-corrected chi connectivity index (χ3v) is 5.09. The third-order valence-electron chi connectivity index (χ3n) is 5.09. The number of primary amides is 1. The molecular weight excluding hydrogens is 453 g/mol. The Bertz CT molecular complexity index is 1240. The molecule has 0 saturated carbocycles. The molecule has 1 amide bonds. The second kappa shape index (κ2) is 8.89. The molecule has 0 saturated heterocycles. The number of hydrogen-bond acceptors (Lipinski definition) is 8. The number of fused-ring (bicyclic) bond motifs is 1. The van der Waals surface area contributed by atoms with Gasteiger partial charge in [-0.2, -0.15) is 18.2 Å². The number of nitrogens with two attached hydrogens (primary N) is 1. The minimum Gasteiger partial charge on any atom is -0.365 e. The summed E-state index contributed by atoms with van der Waals surface area (Å²) in [5, 5.41) is 6.66. The second-order valence-corrected chi connectivity index (χ2v) is 7.25. The molecule has 1 atom stereocenters. The maximum absolute atomic E-state index is 13.1. The van der Waals surface area contributed by atoms with Crippen molar-refractivity contribution in [3.05, 3.63) is 71.7 Å². The van der Waals surface area contributed by atoms with E-state index in [1.54, 1.807) is 24.3 Å². The van der Waals surface area contributed by atoms with Crippen LogP contribution >= 0.6 is 0 Å². The highest BCUT2D eigenvalue weighted by atomic mass is 19.4. The number of carbonyl (C=O) groups is 2. The second-order valence-electron chi connectivity index (χ2n) is 7.25. The maximum Gasteiger partial charge on any atom is 0.493 e. The number of pyridine rings is 2. The van der Waals surface area contributed by atoms with E-state index in [9.17, 15) is 22.8 Å². The van der Waals surface area contributed by atoms with E-state index in [0.717, 1.165) is 5.56 Å². The Balaban J connectivity index is 1.89. The maximum atomic E-state index is 13.1. The van der Waals surface area contributed by atoms with Gasteiger partial charge in [0.25, 0.3) is 5.91 Å². The summed E-state index contributed by atoms with van der Waals surface area (Å²) in [7, 11) is 0. The topological polar surface area (TPSA) is 122 Å². The zero-order chi connectivity index (χ0) is 24.5. The Kier molecular flexibility index (Phi) is 5.97. The molecule has 0 bridgehead atoms. The number of benzene rings is 1. The predicted molar refractivity (Wildman–Crippen MR) is 117 cm³/mol. The highest BCUT2D eigenvalue weighted by molar-refractivity contribution is 6.05. The number of aromatic nitrogens is 2. The Hall–Kier alpha value is -4.35. The zero-order valence-electron chi connectivity index (χ0n) is 17.8. The van der Waals surface area contributed by atoms with Crippen molar-refractivity contribution >= 4 is 34.8 Å². The Labute approximate surface area is 191 Å². The summed E-state index contributed by atoms with van der Waals surface area (Å²) in [5.74, 6) is -3.27. The van der Waals surface area contributed by atoms with Crippen LogP contribution in [0.15, 0.2) is 54.9 Å². The van der Waals surface area contributed by atoms with Crippen LogP contribution in [0.25, 0.3) is 0 Å². The fourth-order valence-corrected chi connectivity index (χ4v) is 3.51. The van der Waals surface area contributed by atoms with Crippen LogP contribution < -0.4 is 21.4 Å². The molecule has 0 aliphatic carbocycles. The van der Waals surface area contributed by atoms with E-state index in [0.29, 0.717) is 17.2 Å². The first kappa shape index (κ1) is 22.8. The number of amides is 1. The van der Waals surface area contributed by atoms with Crippen LogP contribution in [-0.2, 0) is 16.1 Å². The lowest BCUT2D eigenvalue weighted by Gasteiger charge is -2.26. The zero-order valence-corrected chi connectivity index (χ0v) is 17.8. The summed E-state index contributed by atoms with van der Waals surface area (Å²) >= 11 is 0. The van der Waals surface area contributed by atoms with Crippen molar-refractivity contribution in [1.29, 1.82) is 0 Å². The van der Waals surface area contributed by atoms with Gasteiger partial charge in [0.05, 0.1) is 16.9 Å². The predicted octanol–water partition coefficient (Wildman–Crippen LogP) is 3.83. The lowest BCUT2D eigenvalue weighted by atomic mass is 10.1. The quantitative estimate of drug-likeness (QED) is 0.495. The Morgan fingerprint density at radius 3 is 2.56 bits per heavy atom. The summed E-state index contributed by atoms with van der Waals surface area (Å²) in [6, 6.07) is 11.9. The van der Waals surface area contributed by atoms with Gasteiger partial charge in [0.15, 0.2) is 12.0 Å². The van der Waals surface area contributed by atoms with E-state index in [-0.39, 0.29) is 28.5 Å². The number of nitrogens with one attached hydrogen (secondary N) is 2. The SMILES string of the molecule is CCc1ccccc1Nc1c(C(N)=O)cnc2c1N(OC(=O)C(F)(F)F)C(c1ccccn1)N2. The number of carbonyl (C=O) groups excluding carboxylic acids is 2. The van der Waals surface area contributed by atoms with E-state index in [1.165, 1.54) is 18.5 Å². The number of rotatable bonds is 6. The summed E-state index contributed by atoms with van der Waals surface area (Å²) in [6.45, 7) is 1.92. The van der Waals surface area contributed by atoms with Crippen molar-refractivity contribution in [1.82, 2.24) is 9.97 Å². The van der Waals surface area contributed by atoms with Gasteiger partial charge in [0.2, 0.25) is 0 Å². The van der Waals surface area contributed by atoms with Crippen molar-refractivity contribution in [2.75, 3.05) is 15.7 Å². The van der Waals surface area contributed by atoms with Gasteiger partial charge in [-0.05, 0) is 30.2 Å². The number of nitrogens with zero attached hydrogens (tertiary/aromatic N) is 3. The van der Waals surface area contributed by atoms with Crippen LogP contribution in [0.1, 0.15) is 34.7 Å². The smallest absolute Gasteiger partial charge is 0.365 e. The molecular formula is C22H19F3N6O3. The average Bonchev–Trinajstić information content (AvgIpc) is 3.18. The van der Waals surface area contributed by atoms with E-state index >= 15 is 0 Å². The standard InChI is InChI=1S/C22H19F3N6O3/c1-2-12-7-3-4-8-14(12)29-16-13(18(26)32)11-28-19-17(16)31(34-21(33)22(23,24)25)20(30-19)15-9-5-6-10-27-15/h3-11,20H,2H2,1H3,(H2,26,32)(H2,28,29,30). The summed E-state index contributed by atoms with van der Waals surface area (Å²) in [6.07, 6.45) is -3.17. The van der Waals surface area contributed by atoms with Gasteiger partial charge in [-0.15, -0.1) is 0 Å². The van der Waals surface area contributed by atoms with Crippen LogP contribution in [-0.4, -0.2) is 28.0 Å². The average molecular weight is 472 g/mol. The molecule has 3 aromatic rings. The van der Waals surface area contributed by atoms with E-state index in [2.05, 4.69) is 20.6 Å². The van der Waals surface area contributed by atoms with Crippen LogP contribution in [0.4, 0.5) is 36.1 Å². The normalized spacial score (nSPS) is 14.8. The molecule has 0 fully saturated rings. The molecule has 1 unspecified atom stereocenters. The lowest BCUT2D eigenvalue weighted by Crippen LogP contribution is -2.37. The molecule has 1 aliphatic heterocycles. The molecule has 4 N–H and O–H groups in total. The van der Waals surface area contributed by atoms with Crippen molar-refractivity contribution in [2.24, 2.45) is 5.73 Å². The molecule has 34 heavy (non-hydrogen) atoms. The van der Waals surface area contributed by atoms with Gasteiger partial charge < -0.3 is 21.2 Å². The van der Waals surface area contributed by atoms with E-state index in [1.807, 2.05) is 19.1 Å². The molecule has 1 aliphatic rings. The fraction of sp³-hybridized carbons (Fsp3) is 0.182.